The minimum absolute atomic E-state index is 0. The van der Waals surface area contributed by atoms with Crippen LogP contribution >= 0.6 is 23.6 Å². The van der Waals surface area contributed by atoms with Crippen molar-refractivity contribution in [3.63, 3.8) is 0 Å². The number of carbonyl (C=O) groups is 1. The summed E-state index contributed by atoms with van der Waals surface area (Å²) in [6.07, 6.45) is 2.84. The summed E-state index contributed by atoms with van der Waals surface area (Å²) >= 11 is 7.18. The summed E-state index contributed by atoms with van der Waals surface area (Å²) in [4.78, 5) is 13.9. The Balaban J connectivity index is 0.00000320. The van der Waals surface area contributed by atoms with Gasteiger partial charge in [0.1, 0.15) is 12.4 Å². The van der Waals surface area contributed by atoms with Crippen LogP contribution in [0, 0.1) is 19.8 Å². The molecule has 0 heterocycles. The third-order valence-corrected chi connectivity index (χ3v) is 8.06. The van der Waals surface area contributed by atoms with Crippen LogP contribution in [0.15, 0.2) is 71.1 Å². The monoisotopic (exact) mass is 541 g/mol. The van der Waals surface area contributed by atoms with E-state index >= 15 is 0 Å². The van der Waals surface area contributed by atoms with Gasteiger partial charge in [-0.15, -0.1) is 0 Å². The summed E-state index contributed by atoms with van der Waals surface area (Å²) in [5.74, 6) is 1.51. The average Bonchev–Trinajstić information content (AvgIpc) is 3.79. The summed E-state index contributed by atoms with van der Waals surface area (Å²) in [5, 5.41) is 0.661. The first-order valence-electron chi connectivity index (χ1n) is 12.3. The number of carbonyl (C=O) groups excluding carboxylic acids is 1. The van der Waals surface area contributed by atoms with E-state index in [1.807, 2.05) is 74.5 Å². The predicted molar refractivity (Wildman–Crippen MR) is 145 cm³/mol. The summed E-state index contributed by atoms with van der Waals surface area (Å²) in [6.45, 7) is 4.13. The van der Waals surface area contributed by atoms with Gasteiger partial charge in [-0.1, -0.05) is 48.0 Å². The van der Waals surface area contributed by atoms with Crippen LogP contribution in [0.5, 0.6) is 5.75 Å². The first kappa shape index (κ1) is 28.3. The number of nitrogens with two attached hydrogens (primary N) is 1. The zero-order chi connectivity index (χ0) is 25.4. The number of hydrogen-bond donors (Lipinski definition) is 1. The summed E-state index contributed by atoms with van der Waals surface area (Å²) < 4.78 is 17.0. The molecule has 0 aromatic heterocycles. The van der Waals surface area contributed by atoms with Gasteiger partial charge in [-0.25, -0.2) is 12.0 Å². The van der Waals surface area contributed by atoms with E-state index in [9.17, 15) is 9.35 Å². The predicted octanol–water partition coefficient (Wildman–Crippen LogP) is 4.18. The number of ether oxygens (including phenoxy) is 1. The maximum absolute atomic E-state index is 13.1. The molecule has 5 rings (SSSR count). The van der Waals surface area contributed by atoms with Gasteiger partial charge in [0, 0.05) is 22.2 Å². The molecule has 186 valence electrons. The first-order chi connectivity index (χ1) is 17.4. The molecule has 2 N–H and O–H groups in total. The molecule has 0 radical (unpaired) electrons. The first-order valence-corrected chi connectivity index (χ1v) is 13.4. The maximum atomic E-state index is 13.1. The Bertz CT molecular complexity index is 1320. The van der Waals surface area contributed by atoms with E-state index in [1.165, 1.54) is 5.56 Å². The Morgan fingerprint density at radius 3 is 2.32 bits per heavy atom. The number of aryl methyl sites for hydroxylation is 2. The normalized spacial score (nSPS) is 19.0. The van der Waals surface area contributed by atoms with Gasteiger partial charge in [-0.3, -0.25) is 4.79 Å². The van der Waals surface area contributed by atoms with Crippen molar-refractivity contribution in [3.05, 3.63) is 99.1 Å². The minimum atomic E-state index is 0. The van der Waals surface area contributed by atoms with Gasteiger partial charge in [-0.05, 0) is 96.4 Å². The van der Waals surface area contributed by atoms with E-state index in [0.29, 0.717) is 45.9 Å². The van der Waals surface area contributed by atoms with Gasteiger partial charge in [-0.2, -0.15) is 0 Å². The van der Waals surface area contributed by atoms with Crippen LogP contribution in [-0.4, -0.2) is 16.9 Å². The molecule has 2 unspecified atom stereocenters. The Morgan fingerprint density at radius 1 is 1.05 bits per heavy atom. The van der Waals surface area contributed by atoms with Crippen LogP contribution in [0.1, 0.15) is 58.9 Å². The van der Waals surface area contributed by atoms with Gasteiger partial charge in [0.2, 0.25) is 0 Å². The molecule has 2 saturated carbocycles. The topological polar surface area (TPSA) is 75.4 Å². The summed E-state index contributed by atoms with van der Waals surface area (Å²) in [6, 6.07) is 19.6. The fourth-order valence-electron chi connectivity index (χ4n) is 5.00. The van der Waals surface area contributed by atoms with Gasteiger partial charge in [0.05, 0.1) is 5.57 Å². The van der Waals surface area contributed by atoms with Crippen molar-refractivity contribution in [3.8, 4) is 5.75 Å². The smallest absolute Gasteiger partial charge is 0.795 e. The molecule has 0 spiro atoms. The molecule has 0 amide bonds. The second kappa shape index (κ2) is 12.0. The molecule has 7 heteroatoms. The molecular weight excluding hydrogens is 513 g/mol. The fraction of sp³-hybridized carbons (Fsp3) is 0.300. The molecule has 0 aliphatic heterocycles. The fourth-order valence-corrected chi connectivity index (χ4v) is 5.55. The Morgan fingerprint density at radius 2 is 1.73 bits per heavy atom. The molecule has 0 saturated heterocycles. The van der Waals surface area contributed by atoms with Crippen molar-refractivity contribution in [2.45, 2.75) is 49.8 Å². The second-order valence-corrected chi connectivity index (χ2v) is 10.9. The second-order valence-electron chi connectivity index (χ2n) is 9.87. The average molecular weight is 542 g/mol. The molecule has 2 aliphatic rings. The molecule has 37 heavy (non-hydrogen) atoms. The van der Waals surface area contributed by atoms with Gasteiger partial charge in [0.15, 0.2) is 5.78 Å². The van der Waals surface area contributed by atoms with Gasteiger partial charge < -0.3 is 15.0 Å². The third-order valence-electron chi connectivity index (χ3n) is 7.27. The van der Waals surface area contributed by atoms with Crippen LogP contribution in [0.3, 0.4) is 0 Å². The molecule has 3 aromatic rings. The Labute approximate surface area is 250 Å². The van der Waals surface area contributed by atoms with E-state index in [-0.39, 0.29) is 47.9 Å². The Kier molecular flexibility index (Phi) is 9.16. The number of rotatable bonds is 9. The zero-order valence-electron chi connectivity index (χ0n) is 21.4. The van der Waals surface area contributed by atoms with Crippen molar-refractivity contribution in [1.82, 2.24) is 0 Å². The summed E-state index contributed by atoms with van der Waals surface area (Å²) in [5.41, 5.74) is 13.0. The largest absolute Gasteiger partial charge is 1.00 e. The molecule has 3 aromatic carbocycles. The van der Waals surface area contributed by atoms with Crippen LogP contribution < -0.4 is 40.0 Å². The summed E-state index contributed by atoms with van der Waals surface area (Å²) in [7, 11) is 0. The van der Waals surface area contributed by atoms with Crippen LogP contribution in [0.4, 0.5) is 0 Å². The maximum Gasteiger partial charge on any atom is 1.00 e. The number of halogens is 1. The van der Waals surface area contributed by atoms with E-state index < -0.39 is 0 Å². The Hall–Kier alpha value is -1.73. The van der Waals surface area contributed by atoms with Crippen molar-refractivity contribution >= 4 is 35.1 Å². The van der Waals surface area contributed by atoms with Crippen molar-refractivity contribution in [1.29, 1.82) is 0 Å². The SMILES string of the molecule is Cc1cccc(C)c1/C(N)=C(\COc1ccc(C2CC2c2ccc(S[O-])cc2)c(Cl)c1)C(=O)C1CC1.[Na+]. The van der Waals surface area contributed by atoms with Crippen LogP contribution in [-0.2, 0) is 4.79 Å². The molecule has 0 bridgehead atoms. The van der Waals surface area contributed by atoms with E-state index in [0.717, 1.165) is 46.4 Å². The molecular formula is C30H29ClNNaO3S. The van der Waals surface area contributed by atoms with Gasteiger partial charge >= 0.3 is 29.6 Å². The van der Waals surface area contributed by atoms with Gasteiger partial charge in [0.25, 0.3) is 0 Å². The van der Waals surface area contributed by atoms with Crippen molar-refractivity contribution in [2.24, 2.45) is 11.7 Å². The zero-order valence-corrected chi connectivity index (χ0v) is 25.0. The van der Waals surface area contributed by atoms with Crippen LogP contribution in [0.2, 0.25) is 5.02 Å². The quantitative estimate of drug-likeness (QED) is 0.250. The van der Waals surface area contributed by atoms with E-state index in [1.54, 1.807) is 0 Å². The standard InChI is InChI=1S/C30H30ClNO3S.Na/c1-17-4-3-5-18(2)28(17)29(32)26(30(33)20-6-7-20)16-35-21-10-13-23(27(31)14-21)25-15-24(25)19-8-11-22(36-34)12-9-19;/h3-5,8-14,20,24-25,34H,6-7,15-16,32H2,1-2H3;/q;+1/p-1/b29-26-;. The molecule has 4 nitrogen and oxygen atoms in total. The van der Waals surface area contributed by atoms with E-state index in [4.69, 9.17) is 22.1 Å². The third kappa shape index (κ3) is 6.30. The van der Waals surface area contributed by atoms with Crippen molar-refractivity contribution < 1.29 is 43.6 Å². The number of ketones is 1. The number of Topliss-reactive ketones (excluding diaryl/α,β-unsaturated/α-hetero) is 1. The number of hydrogen-bond acceptors (Lipinski definition) is 5. The molecule has 2 atom stereocenters. The molecule has 2 aliphatic carbocycles. The van der Waals surface area contributed by atoms with Crippen LogP contribution in [0.25, 0.3) is 5.70 Å². The van der Waals surface area contributed by atoms with E-state index in [2.05, 4.69) is 0 Å². The molecule has 2 fully saturated rings. The van der Waals surface area contributed by atoms with Crippen molar-refractivity contribution in [2.75, 3.05) is 6.61 Å². The number of benzene rings is 3. The minimum Gasteiger partial charge on any atom is -0.795 e.